The Morgan fingerprint density at radius 1 is 1.20 bits per heavy atom. The Bertz CT molecular complexity index is 212. The lowest BCUT2D eigenvalue weighted by molar-refractivity contribution is 0.0861. The minimum Gasteiger partial charge on any atom is -0.475 e. The molecule has 0 aromatic carbocycles. The zero-order valence-corrected chi connectivity index (χ0v) is 11.8. The number of rotatable bonds is 1. The molecular formula is C12H22OS2. The second-order valence-corrected chi connectivity index (χ2v) is 6.82. The van der Waals surface area contributed by atoms with Crippen LogP contribution in [0.1, 0.15) is 46.5 Å². The van der Waals surface area contributed by atoms with Crippen molar-refractivity contribution in [3.8, 4) is 0 Å². The van der Waals surface area contributed by atoms with Crippen LogP contribution in [0.15, 0.2) is 0 Å². The number of ether oxygens (including phenoxy) is 1. The van der Waals surface area contributed by atoms with E-state index in [1.54, 1.807) is 0 Å². The summed E-state index contributed by atoms with van der Waals surface area (Å²) in [5, 5.41) is 0. The monoisotopic (exact) mass is 246 g/mol. The lowest BCUT2D eigenvalue weighted by Crippen LogP contribution is -2.29. The topological polar surface area (TPSA) is 9.23 Å². The Morgan fingerprint density at radius 3 is 2.13 bits per heavy atom. The first-order valence-corrected chi connectivity index (χ1v) is 7.31. The molecule has 88 valence electrons. The fraction of sp³-hybridized carbons (Fsp3) is 0.917. The van der Waals surface area contributed by atoms with Crippen LogP contribution in [0.3, 0.4) is 0 Å². The lowest BCUT2D eigenvalue weighted by Gasteiger charge is -2.36. The van der Waals surface area contributed by atoms with E-state index in [4.69, 9.17) is 17.0 Å². The minimum atomic E-state index is 0.378. The predicted molar refractivity (Wildman–Crippen MR) is 72.4 cm³/mol. The van der Waals surface area contributed by atoms with Crippen molar-refractivity contribution in [3.05, 3.63) is 0 Å². The standard InChI is InChI=1S/C12H22OS2/c1-12(2,3)9-5-7-10(8-6-9)13-11(14)15-4/h9-10H,5-8H2,1-4H3. The van der Waals surface area contributed by atoms with Crippen molar-refractivity contribution in [1.82, 2.24) is 0 Å². The highest BCUT2D eigenvalue weighted by Crippen LogP contribution is 2.38. The van der Waals surface area contributed by atoms with Gasteiger partial charge < -0.3 is 4.74 Å². The Morgan fingerprint density at radius 2 is 1.73 bits per heavy atom. The molecule has 1 saturated carbocycles. The van der Waals surface area contributed by atoms with Crippen LogP contribution in [0.2, 0.25) is 0 Å². The molecule has 0 unspecified atom stereocenters. The molecule has 0 aliphatic heterocycles. The lowest BCUT2D eigenvalue weighted by atomic mass is 9.72. The third-order valence-electron chi connectivity index (χ3n) is 3.33. The first kappa shape index (κ1) is 13.3. The largest absolute Gasteiger partial charge is 0.475 e. The molecule has 0 bridgehead atoms. The van der Waals surface area contributed by atoms with Crippen LogP contribution in [0.25, 0.3) is 0 Å². The second kappa shape index (κ2) is 5.53. The smallest absolute Gasteiger partial charge is 0.219 e. The van der Waals surface area contributed by atoms with Gasteiger partial charge in [0.05, 0.1) is 0 Å². The van der Waals surface area contributed by atoms with Gasteiger partial charge in [-0.1, -0.05) is 32.5 Å². The summed E-state index contributed by atoms with van der Waals surface area (Å²) < 4.78 is 6.40. The van der Waals surface area contributed by atoms with E-state index in [1.807, 2.05) is 6.26 Å². The molecule has 1 nitrogen and oxygen atoms in total. The maximum atomic E-state index is 5.70. The number of hydrogen-bond donors (Lipinski definition) is 0. The van der Waals surface area contributed by atoms with Gasteiger partial charge in [0.1, 0.15) is 6.10 Å². The molecule has 0 amide bonds. The molecule has 0 atom stereocenters. The number of hydrogen-bond acceptors (Lipinski definition) is 3. The van der Waals surface area contributed by atoms with Crippen molar-refractivity contribution in [2.45, 2.75) is 52.6 Å². The first-order chi connectivity index (χ1) is 6.93. The van der Waals surface area contributed by atoms with Gasteiger partial charge in [0.15, 0.2) is 0 Å². The van der Waals surface area contributed by atoms with Gasteiger partial charge in [-0.25, -0.2) is 0 Å². The van der Waals surface area contributed by atoms with Crippen molar-refractivity contribution in [2.75, 3.05) is 6.26 Å². The average Bonchev–Trinajstić information content (AvgIpc) is 2.17. The van der Waals surface area contributed by atoms with Gasteiger partial charge in [-0.05, 0) is 55.5 Å². The van der Waals surface area contributed by atoms with Crippen molar-refractivity contribution >= 4 is 28.4 Å². The van der Waals surface area contributed by atoms with Crippen molar-refractivity contribution in [1.29, 1.82) is 0 Å². The number of thioether (sulfide) groups is 1. The molecule has 1 fully saturated rings. The third kappa shape index (κ3) is 4.31. The van der Waals surface area contributed by atoms with Crippen LogP contribution in [-0.2, 0) is 4.74 Å². The number of thiocarbonyl (C=S) groups is 1. The van der Waals surface area contributed by atoms with Gasteiger partial charge in [-0.15, -0.1) is 0 Å². The van der Waals surface area contributed by atoms with E-state index in [0.717, 1.165) is 5.92 Å². The highest BCUT2D eigenvalue weighted by Gasteiger charge is 2.30. The fourth-order valence-electron chi connectivity index (χ4n) is 2.23. The summed E-state index contributed by atoms with van der Waals surface area (Å²) in [5.41, 5.74) is 0.449. The minimum absolute atomic E-state index is 0.378. The molecule has 15 heavy (non-hydrogen) atoms. The highest BCUT2D eigenvalue weighted by atomic mass is 32.2. The van der Waals surface area contributed by atoms with Crippen molar-refractivity contribution < 1.29 is 4.74 Å². The van der Waals surface area contributed by atoms with E-state index in [0.29, 0.717) is 15.9 Å². The summed E-state index contributed by atoms with van der Waals surface area (Å²) in [6, 6.07) is 0. The Labute approximate surface area is 103 Å². The summed E-state index contributed by atoms with van der Waals surface area (Å²) >= 11 is 6.61. The van der Waals surface area contributed by atoms with Crippen LogP contribution in [-0.4, -0.2) is 16.7 Å². The Balaban J connectivity index is 2.33. The molecule has 0 spiro atoms. The van der Waals surface area contributed by atoms with Gasteiger partial charge in [0.2, 0.25) is 4.38 Å². The molecule has 0 N–H and O–H groups in total. The van der Waals surface area contributed by atoms with Gasteiger partial charge in [-0.3, -0.25) is 0 Å². The van der Waals surface area contributed by atoms with E-state index < -0.39 is 0 Å². The summed E-state index contributed by atoms with van der Waals surface area (Å²) in [5.74, 6) is 0.847. The van der Waals surface area contributed by atoms with Gasteiger partial charge >= 0.3 is 0 Å². The molecule has 3 heteroatoms. The molecule has 0 heterocycles. The van der Waals surface area contributed by atoms with Crippen LogP contribution in [0.5, 0.6) is 0 Å². The molecule has 1 aliphatic rings. The summed E-state index contributed by atoms with van der Waals surface area (Å²) in [6.07, 6.45) is 7.26. The first-order valence-electron chi connectivity index (χ1n) is 5.68. The van der Waals surface area contributed by atoms with Gasteiger partial charge in [0, 0.05) is 0 Å². The van der Waals surface area contributed by atoms with Crippen molar-refractivity contribution in [2.24, 2.45) is 11.3 Å². The molecule has 1 rings (SSSR count). The maximum Gasteiger partial charge on any atom is 0.219 e. The van der Waals surface area contributed by atoms with Gasteiger partial charge in [0.25, 0.3) is 0 Å². The van der Waals surface area contributed by atoms with Crippen LogP contribution >= 0.6 is 24.0 Å². The maximum absolute atomic E-state index is 5.70. The van der Waals surface area contributed by atoms with E-state index in [2.05, 4.69) is 20.8 Å². The van der Waals surface area contributed by atoms with Crippen LogP contribution in [0, 0.1) is 11.3 Å². The van der Waals surface area contributed by atoms with Crippen molar-refractivity contribution in [3.63, 3.8) is 0 Å². The predicted octanol–water partition coefficient (Wildman–Crippen LogP) is 4.26. The Hall–Kier alpha value is 0.240. The van der Waals surface area contributed by atoms with Crippen LogP contribution < -0.4 is 0 Å². The normalized spacial score (nSPS) is 27.5. The molecule has 0 saturated heterocycles. The fourth-order valence-corrected chi connectivity index (χ4v) is 2.60. The van der Waals surface area contributed by atoms with E-state index in [9.17, 15) is 0 Å². The SMILES string of the molecule is CSC(=S)OC1CCC(C(C)(C)C)CC1. The molecule has 0 radical (unpaired) electrons. The van der Waals surface area contributed by atoms with E-state index >= 15 is 0 Å². The summed E-state index contributed by atoms with van der Waals surface area (Å²) in [4.78, 5) is 0. The molecular weight excluding hydrogens is 224 g/mol. The molecule has 0 aromatic heterocycles. The molecule has 0 aromatic rings. The average molecular weight is 246 g/mol. The zero-order valence-electron chi connectivity index (χ0n) is 10.2. The Kier molecular flexibility index (Phi) is 4.91. The summed E-state index contributed by atoms with van der Waals surface area (Å²) in [7, 11) is 0. The van der Waals surface area contributed by atoms with E-state index in [-0.39, 0.29) is 0 Å². The third-order valence-corrected chi connectivity index (χ3v) is 4.35. The summed E-state index contributed by atoms with van der Waals surface area (Å²) in [6.45, 7) is 7.02. The zero-order chi connectivity index (χ0) is 11.5. The highest BCUT2D eigenvalue weighted by molar-refractivity contribution is 8.22. The van der Waals surface area contributed by atoms with Crippen LogP contribution in [0.4, 0.5) is 0 Å². The quantitative estimate of drug-likeness (QED) is 0.640. The second-order valence-electron chi connectivity index (χ2n) is 5.41. The molecule has 1 aliphatic carbocycles. The van der Waals surface area contributed by atoms with Gasteiger partial charge in [-0.2, -0.15) is 0 Å². The van der Waals surface area contributed by atoms with E-state index in [1.165, 1.54) is 37.4 Å².